The van der Waals surface area contributed by atoms with Crippen molar-refractivity contribution in [2.75, 3.05) is 25.1 Å². The Morgan fingerprint density at radius 1 is 1.43 bits per heavy atom. The number of carbonyl (C=O) groups excluding carboxylic acids is 1. The van der Waals surface area contributed by atoms with Crippen molar-refractivity contribution in [3.63, 3.8) is 0 Å². The van der Waals surface area contributed by atoms with E-state index in [0.29, 0.717) is 31.1 Å². The summed E-state index contributed by atoms with van der Waals surface area (Å²) < 4.78 is 11.4. The van der Waals surface area contributed by atoms with Crippen LogP contribution in [0.5, 0.6) is 5.75 Å². The molecule has 0 spiro atoms. The molecule has 0 saturated carbocycles. The molecule has 0 unspecified atom stereocenters. The molecule has 0 radical (unpaired) electrons. The van der Waals surface area contributed by atoms with Gasteiger partial charge in [0.05, 0.1) is 24.8 Å². The van der Waals surface area contributed by atoms with Crippen LogP contribution in [0.2, 0.25) is 0 Å². The summed E-state index contributed by atoms with van der Waals surface area (Å²) in [6, 6.07) is 4.54. The van der Waals surface area contributed by atoms with Gasteiger partial charge in [-0.15, -0.1) is 0 Å². The first-order valence-corrected chi connectivity index (χ1v) is 8.70. The van der Waals surface area contributed by atoms with Crippen LogP contribution in [0.3, 0.4) is 0 Å². The molecule has 2 aromatic rings. The molecule has 1 aliphatic heterocycles. The molecule has 3 rings (SSSR count). The van der Waals surface area contributed by atoms with E-state index in [1.165, 1.54) is 30.1 Å². The lowest BCUT2D eigenvalue weighted by Crippen LogP contribution is -2.47. The number of nitrogens with one attached hydrogen (secondary N) is 1. The molecule has 1 amide bonds. The fourth-order valence-corrected chi connectivity index (χ4v) is 2.88. The Morgan fingerprint density at radius 2 is 2.21 bits per heavy atom. The van der Waals surface area contributed by atoms with Gasteiger partial charge in [0.25, 0.3) is 11.5 Å². The number of anilines is 2. The smallest absolute Gasteiger partial charge is 0.511 e. The van der Waals surface area contributed by atoms with Gasteiger partial charge in [-0.1, -0.05) is 0 Å². The third-order valence-electron chi connectivity index (χ3n) is 4.30. The lowest BCUT2D eigenvalue weighted by molar-refractivity contribution is 0.00357. The molecule has 11 heteroatoms. The number of nitrogens with zero attached hydrogens (tertiary/aromatic N) is 3. The van der Waals surface area contributed by atoms with Gasteiger partial charge >= 0.3 is 7.32 Å². The normalized spacial score (nSPS) is 16.6. The minimum atomic E-state index is -2.00. The predicted molar refractivity (Wildman–Crippen MR) is 101 cm³/mol. The molecule has 148 valence electrons. The second kappa shape index (κ2) is 8.42. The Hall–Kier alpha value is -2.89. The molecule has 3 N–H and O–H groups in total. The highest BCUT2D eigenvalue weighted by Crippen LogP contribution is 2.18. The largest absolute Gasteiger partial charge is 0.707 e. The van der Waals surface area contributed by atoms with E-state index < -0.39 is 7.32 Å². The summed E-state index contributed by atoms with van der Waals surface area (Å²) >= 11 is 0. The fourth-order valence-electron chi connectivity index (χ4n) is 2.88. The van der Waals surface area contributed by atoms with E-state index in [1.54, 1.807) is 17.0 Å². The fraction of sp³-hybridized carbons (Fsp3) is 0.353. The van der Waals surface area contributed by atoms with Crippen LogP contribution in [0.1, 0.15) is 17.3 Å². The highest BCUT2D eigenvalue weighted by Gasteiger charge is 2.25. The minimum absolute atomic E-state index is 0.00770. The van der Waals surface area contributed by atoms with Gasteiger partial charge in [0.15, 0.2) is 0 Å². The van der Waals surface area contributed by atoms with Crippen LogP contribution in [0.4, 0.5) is 11.5 Å². The maximum atomic E-state index is 12.6. The van der Waals surface area contributed by atoms with E-state index in [0.717, 1.165) is 0 Å². The molecule has 0 aliphatic carbocycles. The predicted octanol–water partition coefficient (Wildman–Crippen LogP) is -0.267. The molecule has 2 aromatic heterocycles. The van der Waals surface area contributed by atoms with Gasteiger partial charge in [-0.3, -0.25) is 9.59 Å². The van der Waals surface area contributed by atoms with Crippen LogP contribution in [0, 0.1) is 0 Å². The SMILES string of the molecule is C[C@@H]1COCCN1C(=O)c1ccc(Nc2cc(OB(O)O)cn(C)c2=O)nc1. The quantitative estimate of drug-likeness (QED) is 0.598. The average Bonchev–Trinajstić information content (AvgIpc) is 2.66. The van der Waals surface area contributed by atoms with Gasteiger partial charge in [-0.25, -0.2) is 4.98 Å². The highest BCUT2D eigenvalue weighted by atomic mass is 16.6. The summed E-state index contributed by atoms with van der Waals surface area (Å²) in [4.78, 5) is 30.8. The van der Waals surface area contributed by atoms with Gasteiger partial charge in [0.1, 0.15) is 17.3 Å². The van der Waals surface area contributed by atoms with E-state index in [2.05, 4.69) is 10.3 Å². The molecule has 28 heavy (non-hydrogen) atoms. The number of amides is 1. The van der Waals surface area contributed by atoms with E-state index in [1.807, 2.05) is 6.92 Å². The Labute approximate surface area is 161 Å². The molecule has 1 fully saturated rings. The van der Waals surface area contributed by atoms with Gasteiger partial charge in [-0.05, 0) is 19.1 Å². The number of morpholine rings is 1. The van der Waals surface area contributed by atoms with Crippen molar-refractivity contribution < 1.29 is 24.2 Å². The maximum absolute atomic E-state index is 12.6. The minimum Gasteiger partial charge on any atom is -0.511 e. The van der Waals surface area contributed by atoms with Crippen LogP contribution in [0.15, 0.2) is 35.4 Å². The van der Waals surface area contributed by atoms with Crippen molar-refractivity contribution in [2.45, 2.75) is 13.0 Å². The number of pyridine rings is 2. The van der Waals surface area contributed by atoms with Crippen molar-refractivity contribution in [1.29, 1.82) is 0 Å². The van der Waals surface area contributed by atoms with Crippen molar-refractivity contribution >= 4 is 24.7 Å². The molecular weight excluding hydrogens is 367 g/mol. The molecular formula is C17H21BN4O6. The van der Waals surface area contributed by atoms with Crippen molar-refractivity contribution in [3.8, 4) is 5.75 Å². The average molecular weight is 388 g/mol. The van der Waals surface area contributed by atoms with Crippen LogP contribution in [0.25, 0.3) is 0 Å². The lowest BCUT2D eigenvalue weighted by atomic mass is 10.2. The summed E-state index contributed by atoms with van der Waals surface area (Å²) in [7, 11) is -0.501. The van der Waals surface area contributed by atoms with Crippen molar-refractivity contribution in [1.82, 2.24) is 14.5 Å². The molecule has 3 heterocycles. The maximum Gasteiger partial charge on any atom is 0.707 e. The van der Waals surface area contributed by atoms with Gasteiger partial charge < -0.3 is 34.2 Å². The van der Waals surface area contributed by atoms with Gasteiger partial charge in [-0.2, -0.15) is 0 Å². The monoisotopic (exact) mass is 388 g/mol. The third-order valence-corrected chi connectivity index (χ3v) is 4.30. The Balaban J connectivity index is 1.76. The van der Waals surface area contributed by atoms with Crippen LogP contribution < -0.4 is 15.5 Å². The van der Waals surface area contributed by atoms with Gasteiger partial charge in [0, 0.05) is 32.1 Å². The number of aryl methyl sites for hydroxylation is 1. The molecule has 0 aromatic carbocycles. The summed E-state index contributed by atoms with van der Waals surface area (Å²) in [6.07, 6.45) is 2.76. The molecule has 0 bridgehead atoms. The molecule has 1 atom stereocenters. The number of hydrogen-bond acceptors (Lipinski definition) is 8. The summed E-state index contributed by atoms with van der Waals surface area (Å²) in [5.41, 5.74) is 0.214. The van der Waals surface area contributed by atoms with E-state index >= 15 is 0 Å². The first-order chi connectivity index (χ1) is 13.3. The Morgan fingerprint density at radius 3 is 2.86 bits per heavy atom. The summed E-state index contributed by atoms with van der Waals surface area (Å²) in [5.74, 6) is 0.316. The van der Waals surface area contributed by atoms with E-state index in [9.17, 15) is 9.59 Å². The summed E-state index contributed by atoms with van der Waals surface area (Å²) in [6.45, 7) is 3.46. The first-order valence-electron chi connectivity index (χ1n) is 8.70. The molecule has 1 aliphatic rings. The topological polar surface area (TPSA) is 126 Å². The highest BCUT2D eigenvalue weighted by molar-refractivity contribution is 6.33. The molecule has 10 nitrogen and oxygen atoms in total. The standard InChI is InChI=1S/C17H21BN4O6/c1-11-10-27-6-5-22(11)16(23)12-3-4-15(19-8-12)20-14-7-13(28-18(25)26)9-21(2)17(14)24/h3-4,7-9,11,25-26H,5-6,10H2,1-2H3,(H,19,20)/t11-/m1/s1. The van der Waals surface area contributed by atoms with Crippen molar-refractivity contribution in [2.24, 2.45) is 7.05 Å². The van der Waals surface area contributed by atoms with Crippen LogP contribution >= 0.6 is 0 Å². The second-order valence-corrected chi connectivity index (χ2v) is 6.43. The Kier molecular flexibility index (Phi) is 5.97. The number of ether oxygens (including phenoxy) is 1. The zero-order valence-corrected chi connectivity index (χ0v) is 15.5. The lowest BCUT2D eigenvalue weighted by Gasteiger charge is -2.33. The van der Waals surface area contributed by atoms with E-state index in [-0.39, 0.29) is 28.9 Å². The summed E-state index contributed by atoms with van der Waals surface area (Å²) in [5, 5.41) is 20.7. The second-order valence-electron chi connectivity index (χ2n) is 6.43. The van der Waals surface area contributed by atoms with Gasteiger partial charge in [0.2, 0.25) is 0 Å². The van der Waals surface area contributed by atoms with E-state index in [4.69, 9.17) is 19.4 Å². The Bertz CT molecular complexity index is 902. The van der Waals surface area contributed by atoms with Crippen molar-refractivity contribution in [3.05, 3.63) is 46.5 Å². The number of hydrogen-bond donors (Lipinski definition) is 3. The van der Waals surface area contributed by atoms with Crippen LogP contribution in [-0.2, 0) is 11.8 Å². The number of rotatable bonds is 5. The third kappa shape index (κ3) is 4.50. The number of aromatic nitrogens is 2. The zero-order valence-electron chi connectivity index (χ0n) is 15.5. The number of carbonyl (C=O) groups is 1. The zero-order chi connectivity index (χ0) is 20.3. The first kappa shape index (κ1) is 19.9. The molecule has 1 saturated heterocycles. The van der Waals surface area contributed by atoms with Crippen LogP contribution in [-0.4, -0.2) is 63.5 Å².